The number of hydrogen-bond acceptors (Lipinski definition) is 10. The molecular weight excluding hydrogens is 476 g/mol. The van der Waals surface area contributed by atoms with Gasteiger partial charge in [-0.2, -0.15) is 14.6 Å². The van der Waals surface area contributed by atoms with Gasteiger partial charge in [0, 0.05) is 58.1 Å². The Bertz CT molecular complexity index is 1490. The molecule has 1 saturated carbocycles. The third-order valence-electron chi connectivity index (χ3n) is 6.26. The first-order valence-corrected chi connectivity index (χ1v) is 13.9. The second-order valence-electron chi connectivity index (χ2n) is 9.64. The molecule has 1 aromatic carbocycles. The fourth-order valence-electron chi connectivity index (χ4n) is 4.77. The molecule has 2 aromatic heterocycles. The van der Waals surface area contributed by atoms with Crippen LogP contribution in [-0.4, -0.2) is 57.3 Å². The van der Waals surface area contributed by atoms with E-state index in [1.165, 1.54) is 30.2 Å². The molecule has 10 nitrogen and oxygen atoms in total. The minimum Gasteiger partial charge on any atom is -0.496 e. The zero-order chi connectivity index (χ0) is 25.5. The van der Waals surface area contributed by atoms with E-state index in [9.17, 15) is 9.47 Å². The van der Waals surface area contributed by atoms with Crippen molar-refractivity contribution in [1.82, 2.24) is 19.9 Å². The average molecular weight is 505 g/mol. The molecule has 0 bridgehead atoms. The van der Waals surface area contributed by atoms with E-state index < -0.39 is 9.73 Å². The molecule has 5 rings (SSSR count). The van der Waals surface area contributed by atoms with Crippen molar-refractivity contribution in [2.24, 2.45) is 4.36 Å². The highest BCUT2D eigenvalue weighted by molar-refractivity contribution is 7.92. The summed E-state index contributed by atoms with van der Waals surface area (Å²) in [6.07, 6.45) is 6.90. The van der Waals surface area contributed by atoms with Crippen LogP contribution in [0.15, 0.2) is 40.9 Å². The van der Waals surface area contributed by atoms with Gasteiger partial charge in [-0.05, 0) is 43.7 Å². The number of pyridine rings is 1. The standard InChI is InChI=1S/C25H28N8O2S/c1-33-14-16-10-18(11-19(35-2)22(16)25(15-33)8-9-25)28-24-27-13-17(12-26)23(31-24)30-20-6-5-7-21(29-20)32-36(3,4)34/h5-7,10-11,13H,8-9,14-15H2,1-4H3,(H2,27,28,29,30,31). The minimum absolute atomic E-state index is 0.199. The minimum atomic E-state index is -2.36. The number of nitrogens with zero attached hydrogens (tertiary/aromatic N) is 6. The third-order valence-corrected chi connectivity index (χ3v) is 6.89. The van der Waals surface area contributed by atoms with Crippen molar-refractivity contribution in [3.05, 3.63) is 53.2 Å². The summed E-state index contributed by atoms with van der Waals surface area (Å²) in [6, 6.07) is 11.4. The fourth-order valence-corrected chi connectivity index (χ4v) is 5.33. The van der Waals surface area contributed by atoms with Crippen molar-refractivity contribution in [3.8, 4) is 11.8 Å². The van der Waals surface area contributed by atoms with Crippen molar-refractivity contribution < 1.29 is 8.95 Å². The molecule has 1 spiro atoms. The summed E-state index contributed by atoms with van der Waals surface area (Å²) < 4.78 is 22.0. The Morgan fingerprint density at radius 3 is 2.72 bits per heavy atom. The van der Waals surface area contributed by atoms with E-state index in [2.05, 4.69) is 54.0 Å². The molecule has 0 amide bonds. The van der Waals surface area contributed by atoms with E-state index in [1.807, 2.05) is 6.07 Å². The van der Waals surface area contributed by atoms with E-state index in [4.69, 9.17) is 4.74 Å². The zero-order valence-corrected chi connectivity index (χ0v) is 21.5. The zero-order valence-electron chi connectivity index (χ0n) is 20.7. The van der Waals surface area contributed by atoms with Crippen molar-refractivity contribution in [2.45, 2.75) is 24.8 Å². The third kappa shape index (κ3) is 4.96. The molecule has 3 heterocycles. The van der Waals surface area contributed by atoms with Crippen LogP contribution in [0.25, 0.3) is 0 Å². The van der Waals surface area contributed by atoms with Gasteiger partial charge in [0.2, 0.25) is 5.95 Å². The topological polar surface area (TPSA) is 128 Å². The summed E-state index contributed by atoms with van der Waals surface area (Å²) in [6.45, 7) is 1.89. The number of nitrogens with one attached hydrogen (secondary N) is 2. The number of rotatable bonds is 6. The SMILES string of the molecule is COc1cc(Nc2ncc(C#N)c(Nc3cccc(N=S(C)(C)=O)n3)n2)cc2c1C1(CC1)CN(C)C2. The number of ether oxygens (including phenoxy) is 1. The number of aromatic nitrogens is 3. The molecule has 3 aromatic rings. The summed E-state index contributed by atoms with van der Waals surface area (Å²) in [5.74, 6) is 2.26. The lowest BCUT2D eigenvalue weighted by molar-refractivity contribution is 0.265. The Morgan fingerprint density at radius 1 is 1.22 bits per heavy atom. The lowest BCUT2D eigenvalue weighted by Gasteiger charge is -2.34. The Labute approximate surface area is 210 Å². The van der Waals surface area contributed by atoms with E-state index in [0.717, 1.165) is 24.5 Å². The van der Waals surface area contributed by atoms with Crippen LogP contribution in [-0.2, 0) is 21.7 Å². The van der Waals surface area contributed by atoms with Crippen LogP contribution in [0.4, 0.5) is 29.1 Å². The number of benzene rings is 1. The van der Waals surface area contributed by atoms with Gasteiger partial charge < -0.3 is 20.3 Å². The number of hydrogen-bond donors (Lipinski definition) is 2. The van der Waals surface area contributed by atoms with Gasteiger partial charge in [-0.25, -0.2) is 14.2 Å². The number of methoxy groups -OCH3 is 1. The van der Waals surface area contributed by atoms with Gasteiger partial charge in [0.1, 0.15) is 23.2 Å². The number of nitriles is 1. The molecule has 0 saturated heterocycles. The molecule has 186 valence electrons. The molecule has 0 unspecified atom stereocenters. The maximum absolute atomic E-state index is 12.0. The summed E-state index contributed by atoms with van der Waals surface area (Å²) in [5, 5.41) is 15.9. The second-order valence-corrected chi connectivity index (χ2v) is 12.2. The van der Waals surface area contributed by atoms with Crippen LogP contribution in [0.2, 0.25) is 0 Å². The first kappa shape index (κ1) is 24.0. The van der Waals surface area contributed by atoms with Crippen molar-refractivity contribution in [1.29, 1.82) is 5.26 Å². The van der Waals surface area contributed by atoms with Gasteiger partial charge >= 0.3 is 0 Å². The molecular formula is C25H28N8O2S. The number of likely N-dealkylation sites (N-methyl/N-ethyl adjacent to an activating group) is 1. The monoisotopic (exact) mass is 504 g/mol. The average Bonchev–Trinajstić information content (AvgIpc) is 3.56. The lowest BCUT2D eigenvalue weighted by atomic mass is 9.86. The highest BCUT2D eigenvalue weighted by Gasteiger charge is 2.50. The van der Waals surface area contributed by atoms with E-state index in [-0.39, 0.29) is 11.0 Å². The van der Waals surface area contributed by atoms with Crippen LogP contribution in [0.3, 0.4) is 0 Å². The van der Waals surface area contributed by atoms with Crippen LogP contribution in [0.1, 0.15) is 29.5 Å². The van der Waals surface area contributed by atoms with Gasteiger partial charge in [-0.15, -0.1) is 0 Å². The lowest BCUT2D eigenvalue weighted by Crippen LogP contribution is -2.35. The number of anilines is 4. The van der Waals surface area contributed by atoms with E-state index in [1.54, 1.807) is 37.8 Å². The Balaban J connectivity index is 1.45. The molecule has 0 atom stereocenters. The van der Waals surface area contributed by atoms with Crippen molar-refractivity contribution >= 4 is 38.8 Å². The quantitative estimate of drug-likeness (QED) is 0.510. The van der Waals surface area contributed by atoms with Crippen LogP contribution in [0, 0.1) is 11.3 Å². The summed E-state index contributed by atoms with van der Waals surface area (Å²) in [7, 11) is 1.49. The summed E-state index contributed by atoms with van der Waals surface area (Å²) >= 11 is 0. The molecule has 36 heavy (non-hydrogen) atoms. The van der Waals surface area contributed by atoms with Crippen LogP contribution < -0.4 is 15.4 Å². The Kier molecular flexibility index (Phi) is 6.02. The predicted molar refractivity (Wildman–Crippen MR) is 140 cm³/mol. The molecule has 1 fully saturated rings. The van der Waals surface area contributed by atoms with E-state index in [0.29, 0.717) is 23.4 Å². The van der Waals surface area contributed by atoms with Crippen molar-refractivity contribution in [3.63, 3.8) is 0 Å². The first-order chi connectivity index (χ1) is 17.2. The highest BCUT2D eigenvalue weighted by Crippen LogP contribution is 2.55. The largest absolute Gasteiger partial charge is 0.496 e. The molecule has 11 heteroatoms. The molecule has 1 aliphatic heterocycles. The van der Waals surface area contributed by atoms with Crippen LogP contribution >= 0.6 is 0 Å². The Hall–Kier alpha value is -3.75. The Morgan fingerprint density at radius 2 is 2.03 bits per heavy atom. The van der Waals surface area contributed by atoms with Gasteiger partial charge in [-0.3, -0.25) is 0 Å². The predicted octanol–water partition coefficient (Wildman–Crippen LogP) is 4.08. The highest BCUT2D eigenvalue weighted by atomic mass is 32.2. The second kappa shape index (κ2) is 9.04. The van der Waals surface area contributed by atoms with E-state index >= 15 is 0 Å². The van der Waals surface area contributed by atoms with Gasteiger partial charge in [0.15, 0.2) is 11.6 Å². The molecule has 1 aliphatic carbocycles. The van der Waals surface area contributed by atoms with Gasteiger partial charge in [0.05, 0.1) is 13.3 Å². The molecule has 2 N–H and O–H groups in total. The van der Waals surface area contributed by atoms with Crippen molar-refractivity contribution in [2.75, 3.05) is 43.8 Å². The summed E-state index contributed by atoms with van der Waals surface area (Å²) in [5.41, 5.74) is 3.83. The number of fused-ring (bicyclic) bond motifs is 2. The normalized spacial score (nSPS) is 16.1. The van der Waals surface area contributed by atoms with Crippen LogP contribution in [0.5, 0.6) is 5.75 Å². The molecule has 0 radical (unpaired) electrons. The maximum atomic E-state index is 12.0. The van der Waals surface area contributed by atoms with Gasteiger partial charge in [-0.1, -0.05) is 6.07 Å². The summed E-state index contributed by atoms with van der Waals surface area (Å²) in [4.78, 5) is 15.6. The maximum Gasteiger partial charge on any atom is 0.229 e. The molecule has 2 aliphatic rings. The first-order valence-electron chi connectivity index (χ1n) is 11.5. The van der Waals surface area contributed by atoms with Gasteiger partial charge in [0.25, 0.3) is 0 Å². The fraction of sp³-hybridized carbons (Fsp3) is 0.360. The smallest absolute Gasteiger partial charge is 0.229 e.